The summed E-state index contributed by atoms with van der Waals surface area (Å²) < 4.78 is 7.96. The van der Waals surface area contributed by atoms with Crippen molar-refractivity contribution in [2.75, 3.05) is 0 Å². The minimum Gasteiger partial charge on any atom is -0.489 e. The van der Waals surface area contributed by atoms with E-state index in [9.17, 15) is 0 Å². The van der Waals surface area contributed by atoms with E-state index in [-0.39, 0.29) is 0 Å². The second-order valence-corrected chi connectivity index (χ2v) is 7.54. The lowest BCUT2D eigenvalue weighted by molar-refractivity contribution is 0.292. The van der Waals surface area contributed by atoms with Crippen LogP contribution in [0.15, 0.2) is 54.9 Å². The molecule has 0 aliphatic heterocycles. The maximum absolute atomic E-state index is 6.09. The van der Waals surface area contributed by atoms with Gasteiger partial charge in [-0.3, -0.25) is 0 Å². The normalized spacial score (nSPS) is 21.6. The van der Waals surface area contributed by atoms with Crippen molar-refractivity contribution in [3.63, 3.8) is 0 Å². The van der Waals surface area contributed by atoms with Crippen LogP contribution in [0.5, 0.6) is 5.75 Å². The van der Waals surface area contributed by atoms with Gasteiger partial charge in [0, 0.05) is 23.9 Å². The van der Waals surface area contributed by atoms with Gasteiger partial charge in [0.1, 0.15) is 12.4 Å². The van der Waals surface area contributed by atoms with Crippen LogP contribution < -0.4 is 10.5 Å². The van der Waals surface area contributed by atoms with Crippen molar-refractivity contribution in [3.05, 3.63) is 66.0 Å². The fourth-order valence-electron chi connectivity index (χ4n) is 4.08. The van der Waals surface area contributed by atoms with Crippen LogP contribution in [-0.4, -0.2) is 15.7 Å². The third kappa shape index (κ3) is 3.61. The Morgan fingerprint density at radius 3 is 2.65 bits per heavy atom. The van der Waals surface area contributed by atoms with Gasteiger partial charge < -0.3 is 10.5 Å². The number of aromatic nitrogens is 2. The Kier molecular flexibility index (Phi) is 4.93. The molecule has 2 heterocycles. The molecule has 2 aromatic heterocycles. The Hall–Kier alpha value is -2.33. The van der Waals surface area contributed by atoms with Crippen molar-refractivity contribution in [2.45, 2.75) is 51.2 Å². The minimum atomic E-state index is 0.304. The molecular weight excluding hydrogens is 322 g/mol. The fraction of sp³-hybridized carbons (Fsp3) is 0.409. The van der Waals surface area contributed by atoms with E-state index in [1.54, 1.807) is 0 Å². The summed E-state index contributed by atoms with van der Waals surface area (Å²) >= 11 is 0. The summed E-state index contributed by atoms with van der Waals surface area (Å²) in [6.07, 6.45) is 8.85. The molecule has 1 aromatic carbocycles. The van der Waals surface area contributed by atoms with Crippen LogP contribution in [0.25, 0.3) is 5.52 Å². The summed E-state index contributed by atoms with van der Waals surface area (Å²) in [6, 6.07) is 14.7. The van der Waals surface area contributed by atoms with Gasteiger partial charge in [-0.05, 0) is 56.1 Å². The third-order valence-corrected chi connectivity index (χ3v) is 5.73. The summed E-state index contributed by atoms with van der Waals surface area (Å²) in [5.41, 5.74) is 9.78. The Bertz CT molecular complexity index is 848. The Morgan fingerprint density at radius 1 is 1.15 bits per heavy atom. The van der Waals surface area contributed by atoms with Crippen LogP contribution in [0.3, 0.4) is 0 Å². The summed E-state index contributed by atoms with van der Waals surface area (Å²) in [5, 5.41) is 4.54. The van der Waals surface area contributed by atoms with Crippen LogP contribution in [0.4, 0.5) is 0 Å². The molecule has 0 bridgehead atoms. The molecule has 0 amide bonds. The molecule has 4 heteroatoms. The van der Waals surface area contributed by atoms with E-state index in [0.717, 1.165) is 5.75 Å². The molecule has 4 rings (SSSR count). The molecule has 1 atom stereocenters. The first-order chi connectivity index (χ1) is 12.7. The number of nitrogens with two attached hydrogens (primary N) is 1. The molecule has 3 aromatic rings. The topological polar surface area (TPSA) is 52.5 Å². The van der Waals surface area contributed by atoms with E-state index in [2.05, 4.69) is 30.2 Å². The largest absolute Gasteiger partial charge is 0.489 e. The number of pyridine rings is 1. The third-order valence-electron chi connectivity index (χ3n) is 5.73. The highest BCUT2D eigenvalue weighted by Crippen LogP contribution is 2.38. The SMILES string of the molecule is C[C@H](N)C1CCC(c2cnn3ccc(OCc4ccccc4)cc23)CC1. The highest BCUT2D eigenvalue weighted by molar-refractivity contribution is 5.58. The van der Waals surface area contributed by atoms with Gasteiger partial charge in [0.05, 0.1) is 11.7 Å². The first-order valence-corrected chi connectivity index (χ1v) is 9.60. The average molecular weight is 349 g/mol. The number of nitrogens with zero attached hydrogens (tertiary/aromatic N) is 2. The van der Waals surface area contributed by atoms with Crippen LogP contribution in [0.2, 0.25) is 0 Å². The maximum atomic E-state index is 6.09. The number of hydrogen-bond donors (Lipinski definition) is 1. The fourth-order valence-corrected chi connectivity index (χ4v) is 4.08. The molecule has 1 fully saturated rings. The van der Waals surface area contributed by atoms with Crippen molar-refractivity contribution in [3.8, 4) is 5.75 Å². The maximum Gasteiger partial charge on any atom is 0.123 e. The summed E-state index contributed by atoms with van der Waals surface area (Å²) in [6.45, 7) is 2.72. The zero-order valence-corrected chi connectivity index (χ0v) is 15.3. The van der Waals surface area contributed by atoms with Gasteiger partial charge in [0.15, 0.2) is 0 Å². The van der Waals surface area contributed by atoms with Gasteiger partial charge in [-0.25, -0.2) is 4.52 Å². The molecule has 26 heavy (non-hydrogen) atoms. The Morgan fingerprint density at radius 2 is 1.92 bits per heavy atom. The van der Waals surface area contributed by atoms with Crippen molar-refractivity contribution in [1.29, 1.82) is 0 Å². The van der Waals surface area contributed by atoms with E-state index in [1.807, 2.05) is 41.2 Å². The van der Waals surface area contributed by atoms with Gasteiger partial charge >= 0.3 is 0 Å². The molecular formula is C22H27N3O. The van der Waals surface area contributed by atoms with Gasteiger partial charge in [0.25, 0.3) is 0 Å². The molecule has 0 spiro atoms. The zero-order valence-electron chi connectivity index (χ0n) is 15.3. The number of benzene rings is 1. The van der Waals surface area contributed by atoms with Crippen molar-refractivity contribution in [1.82, 2.24) is 9.61 Å². The molecule has 0 saturated heterocycles. The van der Waals surface area contributed by atoms with Gasteiger partial charge in [-0.15, -0.1) is 0 Å². The molecule has 1 saturated carbocycles. The van der Waals surface area contributed by atoms with Crippen LogP contribution in [0, 0.1) is 5.92 Å². The highest BCUT2D eigenvalue weighted by Gasteiger charge is 2.26. The smallest absolute Gasteiger partial charge is 0.123 e. The first-order valence-electron chi connectivity index (χ1n) is 9.60. The molecule has 136 valence electrons. The van der Waals surface area contributed by atoms with E-state index in [1.165, 1.54) is 42.3 Å². The quantitative estimate of drug-likeness (QED) is 0.736. The van der Waals surface area contributed by atoms with Gasteiger partial charge in [-0.2, -0.15) is 5.10 Å². The van der Waals surface area contributed by atoms with E-state index >= 15 is 0 Å². The second-order valence-electron chi connectivity index (χ2n) is 7.54. The molecule has 4 nitrogen and oxygen atoms in total. The van der Waals surface area contributed by atoms with Crippen molar-refractivity contribution < 1.29 is 4.74 Å². The lowest BCUT2D eigenvalue weighted by atomic mass is 9.77. The molecule has 2 N–H and O–H groups in total. The van der Waals surface area contributed by atoms with E-state index in [4.69, 9.17) is 10.5 Å². The number of fused-ring (bicyclic) bond motifs is 1. The van der Waals surface area contributed by atoms with E-state index < -0.39 is 0 Å². The van der Waals surface area contributed by atoms with Crippen LogP contribution in [-0.2, 0) is 6.61 Å². The first kappa shape index (κ1) is 17.1. The van der Waals surface area contributed by atoms with E-state index in [0.29, 0.717) is 24.5 Å². The zero-order chi connectivity index (χ0) is 17.9. The van der Waals surface area contributed by atoms with Gasteiger partial charge in [0.2, 0.25) is 0 Å². The monoisotopic (exact) mass is 349 g/mol. The predicted octanol–water partition coefficient (Wildman–Crippen LogP) is 4.53. The van der Waals surface area contributed by atoms with Crippen LogP contribution in [0.1, 0.15) is 49.7 Å². The summed E-state index contributed by atoms with van der Waals surface area (Å²) in [4.78, 5) is 0. The molecule has 0 radical (unpaired) electrons. The average Bonchev–Trinajstić information content (AvgIpc) is 3.10. The predicted molar refractivity (Wildman–Crippen MR) is 104 cm³/mol. The lowest BCUT2D eigenvalue weighted by Gasteiger charge is -2.30. The number of ether oxygens (including phenoxy) is 1. The second kappa shape index (κ2) is 7.50. The summed E-state index contributed by atoms with van der Waals surface area (Å²) in [5.74, 6) is 2.14. The minimum absolute atomic E-state index is 0.304. The Balaban J connectivity index is 1.50. The van der Waals surface area contributed by atoms with Crippen molar-refractivity contribution >= 4 is 5.52 Å². The molecule has 1 aliphatic carbocycles. The summed E-state index contributed by atoms with van der Waals surface area (Å²) in [7, 11) is 0. The number of rotatable bonds is 5. The Labute approximate surface area is 155 Å². The molecule has 1 aliphatic rings. The van der Waals surface area contributed by atoms with Crippen LogP contribution >= 0.6 is 0 Å². The number of hydrogen-bond acceptors (Lipinski definition) is 3. The standard InChI is InChI=1S/C22H27N3O/c1-16(23)18-7-9-19(10-8-18)21-14-24-25-12-11-20(13-22(21)25)26-15-17-5-3-2-4-6-17/h2-6,11-14,16,18-19H,7-10,15,23H2,1H3/t16-,18?,19?/m0/s1. The van der Waals surface area contributed by atoms with Crippen molar-refractivity contribution in [2.24, 2.45) is 11.7 Å². The molecule has 0 unspecified atom stereocenters. The lowest BCUT2D eigenvalue weighted by Crippen LogP contribution is -2.29. The van der Waals surface area contributed by atoms with Gasteiger partial charge in [-0.1, -0.05) is 30.3 Å². The highest BCUT2D eigenvalue weighted by atomic mass is 16.5.